The summed E-state index contributed by atoms with van der Waals surface area (Å²) in [5, 5.41) is 6.69. The average Bonchev–Trinajstić information content (AvgIpc) is 3.16. The molecular weight excluding hydrogens is 390 g/mol. The maximum atomic E-state index is 13.1. The summed E-state index contributed by atoms with van der Waals surface area (Å²) in [4.78, 5) is 34.0. The highest BCUT2D eigenvalue weighted by molar-refractivity contribution is 7.98. The molecular formula is C20H27N5O3S. The van der Waals surface area contributed by atoms with Gasteiger partial charge in [0, 0.05) is 37.6 Å². The van der Waals surface area contributed by atoms with E-state index in [-0.39, 0.29) is 11.8 Å². The predicted molar refractivity (Wildman–Crippen MR) is 111 cm³/mol. The highest BCUT2D eigenvalue weighted by atomic mass is 32.2. The predicted octanol–water partition coefficient (Wildman–Crippen LogP) is 1.95. The highest BCUT2D eigenvalue weighted by Crippen LogP contribution is 2.27. The van der Waals surface area contributed by atoms with Gasteiger partial charge >= 0.3 is 0 Å². The zero-order valence-electron chi connectivity index (χ0n) is 16.9. The van der Waals surface area contributed by atoms with E-state index in [0.29, 0.717) is 62.3 Å². The second kappa shape index (κ2) is 10.4. The highest BCUT2D eigenvalue weighted by Gasteiger charge is 2.24. The fraction of sp³-hybridized carbons (Fsp3) is 0.500. The number of aromatic nitrogens is 2. The molecule has 2 heterocycles. The van der Waals surface area contributed by atoms with Gasteiger partial charge in [0.25, 0.3) is 5.91 Å². The average molecular weight is 418 g/mol. The van der Waals surface area contributed by atoms with Crippen LogP contribution < -0.4 is 5.32 Å². The van der Waals surface area contributed by atoms with Crippen LogP contribution in [-0.2, 0) is 10.5 Å². The number of nitrogens with zero attached hydrogens (tertiary/aromatic N) is 4. The number of aryl methyl sites for hydroxylation is 1. The van der Waals surface area contributed by atoms with Crippen molar-refractivity contribution >= 4 is 23.6 Å². The molecule has 29 heavy (non-hydrogen) atoms. The van der Waals surface area contributed by atoms with E-state index >= 15 is 0 Å². The standard InChI is InChI=1S/C20H27N5O3S/c1-3-8-21-18(26)13-24-9-11-25(12-10-24)20(27)16-6-4-5-7-17(16)29-14-19-22-15(2)23-28-19/h4-7H,3,8-14H2,1-2H3,(H,21,26). The fourth-order valence-corrected chi connectivity index (χ4v) is 3.99. The third-order valence-electron chi connectivity index (χ3n) is 4.64. The monoisotopic (exact) mass is 417 g/mol. The van der Waals surface area contributed by atoms with Crippen LogP contribution in [0.4, 0.5) is 0 Å². The molecule has 0 unspecified atom stereocenters. The Morgan fingerprint density at radius 2 is 1.97 bits per heavy atom. The molecule has 1 aliphatic heterocycles. The van der Waals surface area contributed by atoms with Crippen LogP contribution in [0.15, 0.2) is 33.7 Å². The van der Waals surface area contributed by atoms with Gasteiger partial charge in [-0.25, -0.2) is 0 Å². The minimum absolute atomic E-state index is 0.0184. The molecule has 0 spiro atoms. The summed E-state index contributed by atoms with van der Waals surface area (Å²) in [6.45, 7) is 7.52. The molecule has 2 aromatic rings. The lowest BCUT2D eigenvalue weighted by atomic mass is 10.2. The van der Waals surface area contributed by atoms with Crippen molar-refractivity contribution in [3.63, 3.8) is 0 Å². The summed E-state index contributed by atoms with van der Waals surface area (Å²) in [7, 11) is 0. The third kappa shape index (κ3) is 6.04. The van der Waals surface area contributed by atoms with Crippen molar-refractivity contribution in [2.24, 2.45) is 0 Å². The van der Waals surface area contributed by atoms with Gasteiger partial charge in [-0.3, -0.25) is 14.5 Å². The Bertz CT molecular complexity index is 833. The van der Waals surface area contributed by atoms with Crippen molar-refractivity contribution in [2.75, 3.05) is 39.3 Å². The summed E-state index contributed by atoms with van der Waals surface area (Å²) in [5.41, 5.74) is 0.683. The number of hydrogen-bond acceptors (Lipinski definition) is 7. The first-order valence-electron chi connectivity index (χ1n) is 9.86. The molecule has 0 aliphatic carbocycles. The first-order chi connectivity index (χ1) is 14.1. The zero-order chi connectivity index (χ0) is 20.6. The summed E-state index contributed by atoms with van der Waals surface area (Å²) in [6.07, 6.45) is 0.928. The third-order valence-corrected chi connectivity index (χ3v) is 5.70. The van der Waals surface area contributed by atoms with Crippen LogP contribution in [0, 0.1) is 6.92 Å². The largest absolute Gasteiger partial charge is 0.355 e. The number of nitrogens with one attached hydrogen (secondary N) is 1. The van der Waals surface area contributed by atoms with E-state index in [1.54, 1.807) is 6.92 Å². The molecule has 0 radical (unpaired) electrons. The van der Waals surface area contributed by atoms with Crippen molar-refractivity contribution in [1.29, 1.82) is 0 Å². The van der Waals surface area contributed by atoms with Crippen molar-refractivity contribution in [3.05, 3.63) is 41.5 Å². The molecule has 9 heteroatoms. The molecule has 3 rings (SSSR count). The molecule has 156 valence electrons. The number of amides is 2. The normalized spacial score (nSPS) is 14.8. The summed E-state index contributed by atoms with van der Waals surface area (Å²) in [5.74, 6) is 1.73. The maximum Gasteiger partial charge on any atom is 0.255 e. The molecule has 1 aromatic heterocycles. The van der Waals surface area contributed by atoms with Gasteiger partial charge in [-0.1, -0.05) is 24.2 Å². The topological polar surface area (TPSA) is 91.6 Å². The first-order valence-corrected chi connectivity index (χ1v) is 10.8. The molecule has 0 saturated carbocycles. The minimum Gasteiger partial charge on any atom is -0.355 e. The Hall–Kier alpha value is -2.39. The van der Waals surface area contributed by atoms with Gasteiger partial charge < -0.3 is 14.7 Å². The zero-order valence-corrected chi connectivity index (χ0v) is 17.7. The Morgan fingerprint density at radius 1 is 1.21 bits per heavy atom. The number of thioether (sulfide) groups is 1. The lowest BCUT2D eigenvalue weighted by molar-refractivity contribution is -0.122. The summed E-state index contributed by atoms with van der Waals surface area (Å²) in [6, 6.07) is 7.59. The number of carbonyl (C=O) groups excluding carboxylic acids is 2. The van der Waals surface area contributed by atoms with E-state index in [2.05, 4.69) is 20.4 Å². The Morgan fingerprint density at radius 3 is 2.66 bits per heavy atom. The number of carbonyl (C=O) groups is 2. The van der Waals surface area contributed by atoms with E-state index in [1.165, 1.54) is 11.8 Å². The van der Waals surface area contributed by atoms with E-state index in [9.17, 15) is 9.59 Å². The van der Waals surface area contributed by atoms with Crippen LogP contribution in [-0.4, -0.2) is 71.0 Å². The molecule has 8 nitrogen and oxygen atoms in total. The fourth-order valence-electron chi connectivity index (χ4n) is 3.11. The van der Waals surface area contributed by atoms with Crippen LogP contribution in [0.25, 0.3) is 0 Å². The van der Waals surface area contributed by atoms with Gasteiger partial charge in [-0.15, -0.1) is 11.8 Å². The second-order valence-electron chi connectivity index (χ2n) is 6.94. The number of hydrogen-bond donors (Lipinski definition) is 1. The Labute approximate surface area is 175 Å². The Balaban J connectivity index is 1.55. The van der Waals surface area contributed by atoms with Gasteiger partial charge in [0.2, 0.25) is 11.8 Å². The van der Waals surface area contributed by atoms with E-state index in [4.69, 9.17) is 4.52 Å². The minimum atomic E-state index is 0.0184. The van der Waals surface area contributed by atoms with Crippen LogP contribution in [0.3, 0.4) is 0 Å². The van der Waals surface area contributed by atoms with Gasteiger partial charge in [0.05, 0.1) is 17.9 Å². The van der Waals surface area contributed by atoms with Gasteiger partial charge in [-0.05, 0) is 25.5 Å². The quantitative estimate of drug-likeness (QED) is 0.657. The van der Waals surface area contributed by atoms with Crippen LogP contribution in [0.1, 0.15) is 35.4 Å². The molecule has 1 fully saturated rings. The summed E-state index contributed by atoms with van der Waals surface area (Å²) >= 11 is 1.52. The second-order valence-corrected chi connectivity index (χ2v) is 7.96. The van der Waals surface area contributed by atoms with Crippen molar-refractivity contribution in [3.8, 4) is 0 Å². The van der Waals surface area contributed by atoms with Crippen molar-refractivity contribution in [1.82, 2.24) is 25.3 Å². The smallest absolute Gasteiger partial charge is 0.255 e. The molecule has 0 bridgehead atoms. The van der Waals surface area contributed by atoms with Gasteiger partial charge in [0.15, 0.2) is 5.82 Å². The van der Waals surface area contributed by atoms with Crippen molar-refractivity contribution < 1.29 is 14.1 Å². The van der Waals surface area contributed by atoms with Crippen molar-refractivity contribution in [2.45, 2.75) is 30.9 Å². The van der Waals surface area contributed by atoms with E-state index in [1.807, 2.05) is 36.1 Å². The maximum absolute atomic E-state index is 13.1. The Kier molecular flexibility index (Phi) is 7.65. The molecule has 2 amide bonds. The SMILES string of the molecule is CCCNC(=O)CN1CCN(C(=O)c2ccccc2SCc2nc(C)no2)CC1. The molecule has 0 atom stereocenters. The lowest BCUT2D eigenvalue weighted by Gasteiger charge is -2.34. The number of piperazine rings is 1. The van der Waals surface area contributed by atoms with Crippen LogP contribution in [0.5, 0.6) is 0 Å². The van der Waals surface area contributed by atoms with Gasteiger partial charge in [-0.2, -0.15) is 4.98 Å². The van der Waals surface area contributed by atoms with E-state index in [0.717, 1.165) is 11.3 Å². The van der Waals surface area contributed by atoms with Crippen LogP contribution >= 0.6 is 11.8 Å². The van der Waals surface area contributed by atoms with E-state index < -0.39 is 0 Å². The number of rotatable bonds is 8. The first kappa shape index (κ1) is 21.3. The van der Waals surface area contributed by atoms with Crippen LogP contribution in [0.2, 0.25) is 0 Å². The molecule has 1 N–H and O–H groups in total. The molecule has 1 saturated heterocycles. The number of benzene rings is 1. The van der Waals surface area contributed by atoms with Gasteiger partial charge in [0.1, 0.15) is 0 Å². The lowest BCUT2D eigenvalue weighted by Crippen LogP contribution is -2.51. The molecule has 1 aliphatic rings. The molecule has 1 aromatic carbocycles. The summed E-state index contributed by atoms with van der Waals surface area (Å²) < 4.78 is 5.16.